The summed E-state index contributed by atoms with van der Waals surface area (Å²) in [7, 11) is 0. The summed E-state index contributed by atoms with van der Waals surface area (Å²) in [6, 6.07) is 6.43. The van der Waals surface area contributed by atoms with Crippen molar-refractivity contribution < 1.29 is 9.47 Å². The van der Waals surface area contributed by atoms with Crippen molar-refractivity contribution in [1.82, 2.24) is 10.2 Å². The first-order chi connectivity index (χ1) is 9.83. The summed E-state index contributed by atoms with van der Waals surface area (Å²) < 4.78 is 12.2. The van der Waals surface area contributed by atoms with E-state index in [0.717, 1.165) is 57.1 Å². The van der Waals surface area contributed by atoms with Crippen molar-refractivity contribution in [3.8, 4) is 11.5 Å². The van der Waals surface area contributed by atoms with Gasteiger partial charge in [0.25, 0.3) is 5.79 Å². The standard InChI is InChI=1S/C16H22N2O2/c1-2-6-16(5-1)19-14-4-3-13(11-15(14)20-16)12-18-9-7-17-8-10-18/h3-4,11,17H,1-2,5-10,12H2. The maximum atomic E-state index is 6.13. The average Bonchev–Trinajstić information content (AvgIpc) is 3.06. The molecule has 0 unspecified atom stereocenters. The lowest BCUT2D eigenvalue weighted by molar-refractivity contribution is -0.0716. The third-order valence-electron chi connectivity index (χ3n) is 4.58. The summed E-state index contributed by atoms with van der Waals surface area (Å²) in [5.74, 6) is 1.53. The maximum Gasteiger partial charge on any atom is 0.251 e. The van der Waals surface area contributed by atoms with Crippen molar-refractivity contribution >= 4 is 0 Å². The topological polar surface area (TPSA) is 33.7 Å². The van der Waals surface area contributed by atoms with Gasteiger partial charge < -0.3 is 14.8 Å². The average molecular weight is 274 g/mol. The highest BCUT2D eigenvalue weighted by atomic mass is 16.7. The Bertz CT molecular complexity index is 491. The predicted octanol–water partition coefficient (Wildman–Crippen LogP) is 2.13. The molecule has 0 bridgehead atoms. The molecule has 2 heterocycles. The molecule has 0 atom stereocenters. The van der Waals surface area contributed by atoms with Crippen molar-refractivity contribution in [3.05, 3.63) is 23.8 Å². The monoisotopic (exact) mass is 274 g/mol. The predicted molar refractivity (Wildman–Crippen MR) is 77.0 cm³/mol. The van der Waals surface area contributed by atoms with Gasteiger partial charge in [-0.3, -0.25) is 4.90 Å². The van der Waals surface area contributed by atoms with Crippen LogP contribution in [0.1, 0.15) is 31.2 Å². The normalized spacial score (nSPS) is 24.4. The van der Waals surface area contributed by atoms with Gasteiger partial charge in [0.1, 0.15) is 0 Å². The zero-order chi connectivity index (χ0) is 13.4. The smallest absolute Gasteiger partial charge is 0.251 e. The minimum Gasteiger partial charge on any atom is -0.448 e. The van der Waals surface area contributed by atoms with E-state index in [2.05, 4.69) is 28.4 Å². The first kappa shape index (κ1) is 12.5. The number of ether oxygens (including phenoxy) is 2. The van der Waals surface area contributed by atoms with Gasteiger partial charge in [-0.2, -0.15) is 0 Å². The van der Waals surface area contributed by atoms with Crippen LogP contribution in [-0.2, 0) is 6.54 Å². The Labute approximate surface area is 120 Å². The molecule has 3 aliphatic rings. The van der Waals surface area contributed by atoms with Gasteiger partial charge in [-0.1, -0.05) is 6.07 Å². The Morgan fingerprint density at radius 2 is 1.80 bits per heavy atom. The minimum atomic E-state index is -0.337. The lowest BCUT2D eigenvalue weighted by atomic mass is 10.2. The SMILES string of the molecule is c1cc2c(cc1CN1CCNCC1)OC1(CCCC1)O2. The zero-order valence-electron chi connectivity index (χ0n) is 11.9. The maximum absolute atomic E-state index is 6.13. The van der Waals surface area contributed by atoms with Gasteiger partial charge in [-0.15, -0.1) is 0 Å². The van der Waals surface area contributed by atoms with Crippen LogP contribution in [0.5, 0.6) is 11.5 Å². The molecular formula is C16H22N2O2. The van der Waals surface area contributed by atoms with Gasteiger partial charge in [0, 0.05) is 45.6 Å². The molecule has 1 N–H and O–H groups in total. The largest absolute Gasteiger partial charge is 0.448 e. The molecule has 2 aliphatic heterocycles. The fourth-order valence-corrected chi connectivity index (χ4v) is 3.48. The van der Waals surface area contributed by atoms with E-state index in [0.29, 0.717) is 0 Å². The van der Waals surface area contributed by atoms with Gasteiger partial charge in [-0.05, 0) is 30.5 Å². The second-order valence-electron chi connectivity index (χ2n) is 6.13. The first-order valence-electron chi connectivity index (χ1n) is 7.77. The number of hydrogen-bond donors (Lipinski definition) is 1. The molecule has 1 saturated carbocycles. The Hall–Kier alpha value is -1.26. The molecule has 4 heteroatoms. The molecule has 1 aromatic carbocycles. The van der Waals surface area contributed by atoms with Gasteiger partial charge in [0.05, 0.1) is 0 Å². The lowest BCUT2D eigenvalue weighted by Gasteiger charge is -2.27. The molecule has 1 saturated heterocycles. The van der Waals surface area contributed by atoms with Crippen LogP contribution in [0.4, 0.5) is 0 Å². The van der Waals surface area contributed by atoms with Crippen LogP contribution >= 0.6 is 0 Å². The van der Waals surface area contributed by atoms with Crippen LogP contribution in [0.25, 0.3) is 0 Å². The molecule has 1 aromatic rings. The zero-order valence-corrected chi connectivity index (χ0v) is 11.9. The van der Waals surface area contributed by atoms with Crippen LogP contribution in [0, 0.1) is 0 Å². The number of nitrogens with zero attached hydrogens (tertiary/aromatic N) is 1. The van der Waals surface area contributed by atoms with Gasteiger partial charge in [0.2, 0.25) is 0 Å². The Morgan fingerprint density at radius 3 is 2.60 bits per heavy atom. The van der Waals surface area contributed by atoms with E-state index in [9.17, 15) is 0 Å². The van der Waals surface area contributed by atoms with Crippen LogP contribution in [0.15, 0.2) is 18.2 Å². The highest BCUT2D eigenvalue weighted by Crippen LogP contribution is 2.46. The molecule has 0 radical (unpaired) electrons. The molecule has 4 rings (SSSR count). The molecule has 1 spiro atoms. The van der Waals surface area contributed by atoms with Crippen molar-refractivity contribution in [2.24, 2.45) is 0 Å². The number of piperazine rings is 1. The second-order valence-corrected chi connectivity index (χ2v) is 6.13. The van der Waals surface area contributed by atoms with E-state index in [1.54, 1.807) is 0 Å². The number of fused-ring (bicyclic) bond motifs is 1. The molecule has 0 aromatic heterocycles. The molecule has 1 aliphatic carbocycles. The van der Waals surface area contributed by atoms with E-state index in [1.807, 2.05) is 0 Å². The van der Waals surface area contributed by atoms with Crippen molar-refractivity contribution in [1.29, 1.82) is 0 Å². The summed E-state index contributed by atoms with van der Waals surface area (Å²) in [5, 5.41) is 3.39. The van der Waals surface area contributed by atoms with E-state index in [-0.39, 0.29) is 5.79 Å². The van der Waals surface area contributed by atoms with E-state index in [1.165, 1.54) is 18.4 Å². The number of nitrogens with one attached hydrogen (secondary N) is 1. The fraction of sp³-hybridized carbons (Fsp3) is 0.625. The van der Waals surface area contributed by atoms with E-state index >= 15 is 0 Å². The van der Waals surface area contributed by atoms with Crippen molar-refractivity contribution in [2.75, 3.05) is 26.2 Å². The molecule has 2 fully saturated rings. The highest BCUT2D eigenvalue weighted by Gasteiger charge is 2.43. The second kappa shape index (κ2) is 4.93. The Kier molecular flexibility index (Phi) is 3.08. The van der Waals surface area contributed by atoms with Crippen molar-refractivity contribution in [2.45, 2.75) is 38.0 Å². The third kappa shape index (κ3) is 2.27. The van der Waals surface area contributed by atoms with Gasteiger partial charge >= 0.3 is 0 Å². The summed E-state index contributed by atoms with van der Waals surface area (Å²) in [6.45, 7) is 5.43. The summed E-state index contributed by atoms with van der Waals surface area (Å²) in [4.78, 5) is 2.49. The Balaban J connectivity index is 1.48. The Morgan fingerprint density at radius 1 is 1.05 bits per heavy atom. The fourth-order valence-electron chi connectivity index (χ4n) is 3.48. The summed E-state index contributed by atoms with van der Waals surface area (Å²) in [5.41, 5.74) is 1.32. The van der Waals surface area contributed by atoms with E-state index in [4.69, 9.17) is 9.47 Å². The summed E-state index contributed by atoms with van der Waals surface area (Å²) in [6.07, 6.45) is 4.47. The van der Waals surface area contributed by atoms with Crippen LogP contribution in [0.3, 0.4) is 0 Å². The lowest BCUT2D eigenvalue weighted by Crippen LogP contribution is -2.42. The number of benzene rings is 1. The number of hydrogen-bond acceptors (Lipinski definition) is 4. The third-order valence-corrected chi connectivity index (χ3v) is 4.58. The van der Waals surface area contributed by atoms with Gasteiger partial charge in [-0.25, -0.2) is 0 Å². The van der Waals surface area contributed by atoms with Gasteiger partial charge in [0.15, 0.2) is 11.5 Å². The first-order valence-corrected chi connectivity index (χ1v) is 7.77. The molecule has 4 nitrogen and oxygen atoms in total. The van der Waals surface area contributed by atoms with E-state index < -0.39 is 0 Å². The quantitative estimate of drug-likeness (QED) is 0.896. The van der Waals surface area contributed by atoms with Crippen molar-refractivity contribution in [3.63, 3.8) is 0 Å². The molecular weight excluding hydrogens is 252 g/mol. The summed E-state index contributed by atoms with van der Waals surface area (Å²) >= 11 is 0. The van der Waals surface area contributed by atoms with Crippen LogP contribution in [0.2, 0.25) is 0 Å². The van der Waals surface area contributed by atoms with Crippen LogP contribution < -0.4 is 14.8 Å². The molecule has 0 amide bonds. The highest BCUT2D eigenvalue weighted by molar-refractivity contribution is 5.46. The number of rotatable bonds is 2. The van der Waals surface area contributed by atoms with Crippen LogP contribution in [-0.4, -0.2) is 36.9 Å². The minimum absolute atomic E-state index is 0.337. The molecule has 108 valence electrons. The molecule has 20 heavy (non-hydrogen) atoms.